The molecule has 0 heterocycles. The molecule has 1 atom stereocenters. The van der Waals surface area contributed by atoms with Crippen molar-refractivity contribution in [3.8, 4) is 0 Å². The van der Waals surface area contributed by atoms with Crippen LogP contribution in [0.5, 0.6) is 0 Å². The van der Waals surface area contributed by atoms with Crippen LogP contribution in [0.25, 0.3) is 0 Å². The second kappa shape index (κ2) is 6.01. The summed E-state index contributed by atoms with van der Waals surface area (Å²) in [6, 6.07) is 0. The van der Waals surface area contributed by atoms with Gasteiger partial charge in [-0.2, -0.15) is 0 Å². The summed E-state index contributed by atoms with van der Waals surface area (Å²) in [7, 11) is 1.54. The standard InChI is InChI=1S/C6H13O3/c1-3-9-5-6(7)4-8-2/h6-7H,1,3-5H2,2H3. The third-order valence-electron chi connectivity index (χ3n) is 0.814. The first-order valence-electron chi connectivity index (χ1n) is 2.85. The molecule has 3 heteroatoms. The molecule has 55 valence electrons. The maximum atomic E-state index is 8.90. The van der Waals surface area contributed by atoms with Gasteiger partial charge >= 0.3 is 0 Å². The van der Waals surface area contributed by atoms with Crippen molar-refractivity contribution in [3.05, 3.63) is 6.92 Å². The number of rotatable bonds is 5. The van der Waals surface area contributed by atoms with Crippen molar-refractivity contribution >= 4 is 0 Å². The van der Waals surface area contributed by atoms with E-state index >= 15 is 0 Å². The normalized spacial score (nSPS) is 13.7. The molecule has 0 aliphatic carbocycles. The Bertz CT molecular complexity index is 56.3. The summed E-state index contributed by atoms with van der Waals surface area (Å²) in [6.45, 7) is 4.46. The number of ether oxygens (including phenoxy) is 2. The number of aliphatic hydroxyl groups is 1. The molecule has 0 aliphatic heterocycles. The summed E-state index contributed by atoms with van der Waals surface area (Å²) in [5, 5.41) is 8.90. The predicted molar refractivity (Wildman–Crippen MR) is 34.1 cm³/mol. The Morgan fingerprint density at radius 2 is 2.22 bits per heavy atom. The highest BCUT2D eigenvalue weighted by Gasteiger charge is 2.00. The van der Waals surface area contributed by atoms with Crippen LogP contribution < -0.4 is 0 Å². The number of hydrogen-bond donors (Lipinski definition) is 1. The summed E-state index contributed by atoms with van der Waals surface area (Å²) in [6.07, 6.45) is -0.517. The lowest BCUT2D eigenvalue weighted by Crippen LogP contribution is -2.20. The Labute approximate surface area is 55.6 Å². The first kappa shape index (κ1) is 8.88. The average Bonchev–Trinajstić information content (AvgIpc) is 1.85. The van der Waals surface area contributed by atoms with Crippen LogP contribution >= 0.6 is 0 Å². The minimum atomic E-state index is -0.517. The molecule has 0 aromatic heterocycles. The highest BCUT2D eigenvalue weighted by atomic mass is 16.5. The van der Waals surface area contributed by atoms with Gasteiger partial charge in [-0.25, -0.2) is 0 Å². The zero-order valence-electron chi connectivity index (χ0n) is 5.67. The monoisotopic (exact) mass is 133 g/mol. The van der Waals surface area contributed by atoms with E-state index in [1.807, 2.05) is 0 Å². The van der Waals surface area contributed by atoms with Crippen LogP contribution in [-0.2, 0) is 9.47 Å². The topological polar surface area (TPSA) is 38.7 Å². The van der Waals surface area contributed by atoms with Gasteiger partial charge in [-0.05, 0) is 6.92 Å². The molecule has 3 nitrogen and oxygen atoms in total. The lowest BCUT2D eigenvalue weighted by atomic mass is 10.4. The summed E-state index contributed by atoms with van der Waals surface area (Å²) < 4.78 is 9.46. The Morgan fingerprint density at radius 3 is 2.67 bits per heavy atom. The van der Waals surface area contributed by atoms with E-state index in [9.17, 15) is 0 Å². The van der Waals surface area contributed by atoms with Gasteiger partial charge in [0.25, 0.3) is 0 Å². The molecule has 0 fully saturated rings. The maximum absolute atomic E-state index is 8.90. The average molecular weight is 133 g/mol. The molecule has 0 saturated carbocycles. The Hall–Kier alpha value is -0.120. The van der Waals surface area contributed by atoms with E-state index in [0.717, 1.165) is 0 Å². The molecular formula is C6H13O3. The molecule has 0 aromatic carbocycles. The lowest BCUT2D eigenvalue weighted by molar-refractivity contribution is 0.000799. The second-order valence-corrected chi connectivity index (χ2v) is 1.68. The molecular weight excluding hydrogens is 120 g/mol. The van der Waals surface area contributed by atoms with Crippen LogP contribution in [-0.4, -0.2) is 38.1 Å². The van der Waals surface area contributed by atoms with E-state index in [-0.39, 0.29) is 0 Å². The van der Waals surface area contributed by atoms with Crippen molar-refractivity contribution in [3.63, 3.8) is 0 Å². The molecule has 1 radical (unpaired) electrons. The van der Waals surface area contributed by atoms with Gasteiger partial charge in [-0.1, -0.05) is 0 Å². The van der Waals surface area contributed by atoms with E-state index in [4.69, 9.17) is 9.84 Å². The third kappa shape index (κ3) is 5.76. The van der Waals surface area contributed by atoms with Gasteiger partial charge in [-0.15, -0.1) is 0 Å². The van der Waals surface area contributed by atoms with Crippen LogP contribution in [0.3, 0.4) is 0 Å². The van der Waals surface area contributed by atoms with Crippen molar-refractivity contribution in [1.29, 1.82) is 0 Å². The predicted octanol–water partition coefficient (Wildman–Crippen LogP) is -0.156. The highest BCUT2D eigenvalue weighted by Crippen LogP contribution is 1.84. The van der Waals surface area contributed by atoms with Crippen LogP contribution in [0.1, 0.15) is 0 Å². The summed E-state index contributed by atoms with van der Waals surface area (Å²) >= 11 is 0. The summed E-state index contributed by atoms with van der Waals surface area (Å²) in [4.78, 5) is 0. The zero-order chi connectivity index (χ0) is 7.11. The first-order valence-corrected chi connectivity index (χ1v) is 2.85. The molecule has 0 amide bonds. The smallest absolute Gasteiger partial charge is 0.101 e. The molecule has 1 N–H and O–H groups in total. The zero-order valence-corrected chi connectivity index (χ0v) is 5.67. The van der Waals surface area contributed by atoms with Gasteiger partial charge in [0.05, 0.1) is 13.2 Å². The fourth-order valence-corrected chi connectivity index (χ4v) is 0.460. The molecule has 0 aliphatic rings. The van der Waals surface area contributed by atoms with Crippen molar-refractivity contribution in [2.75, 3.05) is 26.9 Å². The Morgan fingerprint density at radius 1 is 1.56 bits per heavy atom. The lowest BCUT2D eigenvalue weighted by Gasteiger charge is -2.07. The maximum Gasteiger partial charge on any atom is 0.101 e. The third-order valence-corrected chi connectivity index (χ3v) is 0.814. The fourth-order valence-electron chi connectivity index (χ4n) is 0.460. The fraction of sp³-hybridized carbons (Fsp3) is 0.833. The van der Waals surface area contributed by atoms with Crippen LogP contribution in [0.2, 0.25) is 0 Å². The van der Waals surface area contributed by atoms with E-state index in [1.54, 1.807) is 0 Å². The van der Waals surface area contributed by atoms with Gasteiger partial charge in [0.2, 0.25) is 0 Å². The van der Waals surface area contributed by atoms with Crippen molar-refractivity contribution in [1.82, 2.24) is 0 Å². The van der Waals surface area contributed by atoms with Crippen molar-refractivity contribution in [2.45, 2.75) is 6.10 Å². The van der Waals surface area contributed by atoms with Crippen molar-refractivity contribution in [2.24, 2.45) is 0 Å². The van der Waals surface area contributed by atoms with Gasteiger partial charge in [0.15, 0.2) is 0 Å². The van der Waals surface area contributed by atoms with Crippen LogP contribution in [0.15, 0.2) is 0 Å². The van der Waals surface area contributed by atoms with E-state index in [1.165, 1.54) is 7.11 Å². The Kier molecular flexibility index (Phi) is 5.93. The number of hydrogen-bond acceptors (Lipinski definition) is 3. The molecule has 1 unspecified atom stereocenters. The quantitative estimate of drug-likeness (QED) is 0.566. The molecule has 0 aromatic rings. The molecule has 0 bridgehead atoms. The van der Waals surface area contributed by atoms with E-state index < -0.39 is 6.10 Å². The van der Waals surface area contributed by atoms with Crippen LogP contribution in [0.4, 0.5) is 0 Å². The molecule has 9 heavy (non-hydrogen) atoms. The van der Waals surface area contributed by atoms with E-state index in [0.29, 0.717) is 19.8 Å². The first-order chi connectivity index (χ1) is 4.31. The van der Waals surface area contributed by atoms with Gasteiger partial charge in [0, 0.05) is 13.7 Å². The summed E-state index contributed by atoms with van der Waals surface area (Å²) in [5.41, 5.74) is 0. The summed E-state index contributed by atoms with van der Waals surface area (Å²) in [5.74, 6) is 0. The van der Waals surface area contributed by atoms with E-state index in [2.05, 4.69) is 11.7 Å². The van der Waals surface area contributed by atoms with Gasteiger partial charge < -0.3 is 14.6 Å². The minimum Gasteiger partial charge on any atom is -0.388 e. The van der Waals surface area contributed by atoms with Crippen LogP contribution in [0, 0.1) is 6.92 Å². The van der Waals surface area contributed by atoms with Gasteiger partial charge in [0.1, 0.15) is 6.10 Å². The second-order valence-electron chi connectivity index (χ2n) is 1.68. The minimum absolute atomic E-state index is 0.303. The number of aliphatic hydroxyl groups excluding tert-OH is 1. The van der Waals surface area contributed by atoms with Crippen molar-refractivity contribution < 1.29 is 14.6 Å². The molecule has 0 rings (SSSR count). The Balaban J connectivity index is 2.95. The highest BCUT2D eigenvalue weighted by molar-refractivity contribution is 4.49. The SMILES string of the molecule is [CH2]COCC(O)COC. The number of methoxy groups -OCH3 is 1. The molecule has 0 spiro atoms. The molecule has 0 saturated heterocycles. The largest absolute Gasteiger partial charge is 0.388 e. The van der Waals surface area contributed by atoms with Gasteiger partial charge in [-0.3, -0.25) is 0 Å².